The molecule has 0 radical (unpaired) electrons. The van der Waals surface area contributed by atoms with E-state index in [4.69, 9.17) is 0 Å². The highest BCUT2D eigenvalue weighted by molar-refractivity contribution is 5.94. The fraction of sp³-hybridized carbons (Fsp3) is 0.368. The summed E-state index contributed by atoms with van der Waals surface area (Å²) < 4.78 is 0. The zero-order valence-electron chi connectivity index (χ0n) is 14.2. The molecule has 0 aliphatic heterocycles. The molecule has 5 heteroatoms. The third-order valence-corrected chi connectivity index (χ3v) is 4.21. The van der Waals surface area contributed by atoms with Gasteiger partial charge in [-0.3, -0.25) is 4.79 Å². The summed E-state index contributed by atoms with van der Waals surface area (Å²) in [6.45, 7) is 6.30. The summed E-state index contributed by atoms with van der Waals surface area (Å²) >= 11 is 0. The fourth-order valence-electron chi connectivity index (χ4n) is 2.59. The molecule has 0 spiro atoms. The Morgan fingerprint density at radius 3 is 2.38 bits per heavy atom. The number of nitrogens with one attached hydrogen (secondary N) is 2. The van der Waals surface area contributed by atoms with Gasteiger partial charge in [0.25, 0.3) is 5.91 Å². The Morgan fingerprint density at radius 1 is 1.12 bits per heavy atom. The Kier molecular flexibility index (Phi) is 4.99. The Balaban J connectivity index is 1.62. The number of benzene rings is 1. The molecule has 2 aromatic rings. The first-order valence-electron chi connectivity index (χ1n) is 8.58. The van der Waals surface area contributed by atoms with Gasteiger partial charge in [0.2, 0.25) is 0 Å². The SMILES string of the molecule is CCN(CC)c1ccc(Nc2ccc(C(=O)NC3CC3)cn2)cc1. The average Bonchev–Trinajstić information content (AvgIpc) is 3.42. The Hall–Kier alpha value is -2.56. The van der Waals surface area contributed by atoms with E-state index in [1.54, 1.807) is 12.3 Å². The molecule has 0 bridgehead atoms. The van der Waals surface area contributed by atoms with Crippen molar-refractivity contribution < 1.29 is 4.79 Å². The van der Waals surface area contributed by atoms with E-state index in [0.29, 0.717) is 11.6 Å². The van der Waals surface area contributed by atoms with Crippen molar-refractivity contribution in [3.05, 3.63) is 48.2 Å². The van der Waals surface area contributed by atoms with Crippen molar-refractivity contribution in [1.29, 1.82) is 0 Å². The van der Waals surface area contributed by atoms with Crippen LogP contribution in [0.2, 0.25) is 0 Å². The van der Waals surface area contributed by atoms with Gasteiger partial charge < -0.3 is 15.5 Å². The van der Waals surface area contributed by atoms with Gasteiger partial charge >= 0.3 is 0 Å². The minimum atomic E-state index is -0.0416. The van der Waals surface area contributed by atoms with Crippen LogP contribution in [0.15, 0.2) is 42.6 Å². The fourth-order valence-corrected chi connectivity index (χ4v) is 2.59. The van der Waals surface area contributed by atoms with Crippen LogP contribution in [0, 0.1) is 0 Å². The van der Waals surface area contributed by atoms with Crippen LogP contribution in [0.25, 0.3) is 0 Å². The number of rotatable bonds is 7. The molecular formula is C19H24N4O. The number of hydrogen-bond donors (Lipinski definition) is 2. The number of carbonyl (C=O) groups is 1. The number of aromatic nitrogens is 1. The van der Waals surface area contributed by atoms with Crippen molar-refractivity contribution in [2.75, 3.05) is 23.3 Å². The van der Waals surface area contributed by atoms with Crippen LogP contribution >= 0.6 is 0 Å². The Labute approximate surface area is 143 Å². The highest BCUT2D eigenvalue weighted by Gasteiger charge is 2.23. The van der Waals surface area contributed by atoms with Gasteiger partial charge in [-0.05, 0) is 63.1 Å². The first-order valence-corrected chi connectivity index (χ1v) is 8.58. The van der Waals surface area contributed by atoms with Gasteiger partial charge in [-0.2, -0.15) is 0 Å². The predicted octanol–water partition coefficient (Wildman–Crippen LogP) is 3.56. The number of anilines is 3. The van der Waals surface area contributed by atoms with Crippen LogP contribution < -0.4 is 15.5 Å². The summed E-state index contributed by atoms with van der Waals surface area (Å²) in [6, 6.07) is 12.3. The molecule has 1 saturated carbocycles. The molecule has 1 amide bonds. The number of hydrogen-bond acceptors (Lipinski definition) is 4. The zero-order valence-corrected chi connectivity index (χ0v) is 14.2. The number of pyridine rings is 1. The second-order valence-electron chi connectivity index (χ2n) is 6.02. The number of carbonyl (C=O) groups excluding carboxylic acids is 1. The van der Waals surface area contributed by atoms with E-state index in [-0.39, 0.29) is 5.91 Å². The minimum absolute atomic E-state index is 0.0416. The number of amides is 1. The summed E-state index contributed by atoms with van der Waals surface area (Å²) in [4.78, 5) is 18.6. The first kappa shape index (κ1) is 16.3. The molecule has 126 valence electrons. The molecule has 3 rings (SSSR count). The summed E-state index contributed by atoms with van der Waals surface area (Å²) in [6.07, 6.45) is 3.79. The molecule has 0 unspecified atom stereocenters. The van der Waals surface area contributed by atoms with Crippen LogP contribution in [0.1, 0.15) is 37.0 Å². The summed E-state index contributed by atoms with van der Waals surface area (Å²) in [7, 11) is 0. The molecule has 1 aromatic heterocycles. The maximum atomic E-state index is 11.9. The van der Waals surface area contributed by atoms with Gasteiger partial charge in [-0.15, -0.1) is 0 Å². The molecule has 2 N–H and O–H groups in total. The van der Waals surface area contributed by atoms with Gasteiger partial charge in [-0.1, -0.05) is 0 Å². The molecule has 1 aromatic carbocycles. The van der Waals surface area contributed by atoms with E-state index in [1.807, 2.05) is 18.2 Å². The van der Waals surface area contributed by atoms with Crippen LogP contribution in [0.4, 0.5) is 17.2 Å². The van der Waals surface area contributed by atoms with E-state index >= 15 is 0 Å². The molecule has 5 nitrogen and oxygen atoms in total. The summed E-state index contributed by atoms with van der Waals surface area (Å²) in [5.41, 5.74) is 2.79. The van der Waals surface area contributed by atoms with Gasteiger partial charge in [0.15, 0.2) is 0 Å². The lowest BCUT2D eigenvalue weighted by molar-refractivity contribution is 0.0951. The maximum absolute atomic E-state index is 11.9. The van der Waals surface area contributed by atoms with Crippen molar-refractivity contribution in [2.24, 2.45) is 0 Å². The maximum Gasteiger partial charge on any atom is 0.253 e. The summed E-state index contributed by atoms with van der Waals surface area (Å²) in [5, 5.41) is 6.23. The van der Waals surface area contributed by atoms with E-state index < -0.39 is 0 Å². The van der Waals surface area contributed by atoms with E-state index in [9.17, 15) is 4.79 Å². The predicted molar refractivity (Wildman–Crippen MR) is 98.0 cm³/mol. The molecule has 1 heterocycles. The van der Waals surface area contributed by atoms with Crippen LogP contribution in [-0.2, 0) is 0 Å². The van der Waals surface area contributed by atoms with Crippen molar-refractivity contribution in [2.45, 2.75) is 32.7 Å². The minimum Gasteiger partial charge on any atom is -0.372 e. The van der Waals surface area contributed by atoms with Crippen LogP contribution in [0.5, 0.6) is 0 Å². The summed E-state index contributed by atoms with van der Waals surface area (Å²) in [5.74, 6) is 0.689. The zero-order chi connectivity index (χ0) is 16.9. The molecule has 1 aliphatic carbocycles. The molecule has 1 aliphatic rings. The van der Waals surface area contributed by atoms with Crippen molar-refractivity contribution in [3.63, 3.8) is 0 Å². The van der Waals surface area contributed by atoms with Gasteiger partial charge in [0.05, 0.1) is 5.56 Å². The number of nitrogens with zero attached hydrogens (tertiary/aromatic N) is 2. The van der Waals surface area contributed by atoms with Crippen LogP contribution in [0.3, 0.4) is 0 Å². The van der Waals surface area contributed by atoms with Gasteiger partial charge in [0, 0.05) is 36.7 Å². The van der Waals surface area contributed by atoms with Crippen molar-refractivity contribution in [1.82, 2.24) is 10.3 Å². The quantitative estimate of drug-likeness (QED) is 0.817. The molecule has 1 fully saturated rings. The third kappa shape index (κ3) is 4.04. The lowest BCUT2D eigenvalue weighted by Gasteiger charge is -2.21. The van der Waals surface area contributed by atoms with E-state index in [1.165, 1.54) is 5.69 Å². The lowest BCUT2D eigenvalue weighted by atomic mass is 10.2. The van der Waals surface area contributed by atoms with E-state index in [0.717, 1.165) is 37.4 Å². The standard InChI is InChI=1S/C19H24N4O/c1-3-23(4-2)17-10-8-15(9-11-17)21-18-12-5-14(13-20-18)19(24)22-16-6-7-16/h5,8-13,16H,3-4,6-7H2,1-2H3,(H,20,21)(H,22,24). The second-order valence-corrected chi connectivity index (χ2v) is 6.02. The molecule has 0 saturated heterocycles. The van der Waals surface area contributed by atoms with Crippen LogP contribution in [-0.4, -0.2) is 30.0 Å². The smallest absolute Gasteiger partial charge is 0.253 e. The van der Waals surface area contributed by atoms with Gasteiger partial charge in [-0.25, -0.2) is 4.98 Å². The molecular weight excluding hydrogens is 300 g/mol. The molecule has 0 atom stereocenters. The first-order chi connectivity index (χ1) is 11.7. The van der Waals surface area contributed by atoms with Crippen molar-refractivity contribution >= 4 is 23.1 Å². The Morgan fingerprint density at radius 2 is 1.83 bits per heavy atom. The van der Waals surface area contributed by atoms with Gasteiger partial charge in [0.1, 0.15) is 5.82 Å². The lowest BCUT2D eigenvalue weighted by Crippen LogP contribution is -2.25. The topological polar surface area (TPSA) is 57.3 Å². The van der Waals surface area contributed by atoms with E-state index in [2.05, 4.69) is 46.5 Å². The highest BCUT2D eigenvalue weighted by atomic mass is 16.1. The average molecular weight is 324 g/mol. The van der Waals surface area contributed by atoms with Crippen molar-refractivity contribution in [3.8, 4) is 0 Å². The monoisotopic (exact) mass is 324 g/mol. The third-order valence-electron chi connectivity index (χ3n) is 4.21. The normalized spacial score (nSPS) is 13.4. The highest BCUT2D eigenvalue weighted by Crippen LogP contribution is 2.21. The molecule has 24 heavy (non-hydrogen) atoms. The largest absolute Gasteiger partial charge is 0.372 e. The second kappa shape index (κ2) is 7.34. The Bertz CT molecular complexity index is 674.